The first-order valence-electron chi connectivity index (χ1n) is 4.09. The predicted molar refractivity (Wildman–Crippen MR) is 58.5 cm³/mol. The Hall–Kier alpha value is 0.420. The van der Waals surface area contributed by atoms with E-state index in [-0.39, 0.29) is 24.8 Å². The third kappa shape index (κ3) is 6.49. The molecule has 0 aliphatic carbocycles. The summed E-state index contributed by atoms with van der Waals surface area (Å²) in [5.74, 6) is 5.28. The molecule has 1 heterocycles. The normalized spacial score (nSPS) is 19.8. The molecule has 0 saturated carbocycles. The van der Waals surface area contributed by atoms with Gasteiger partial charge < -0.3 is 4.74 Å². The molecule has 1 atom stereocenters. The van der Waals surface area contributed by atoms with Crippen molar-refractivity contribution in [3.63, 3.8) is 0 Å². The standard InChI is InChI=1S/C7H17N3O.2ClH/c1-7(9-8)6-10-2-4-11-5-3-10;;/h7,9H,2-6,8H2,1H3;2*1H. The van der Waals surface area contributed by atoms with Crippen LogP contribution in [0.25, 0.3) is 0 Å². The molecule has 1 rings (SSSR count). The van der Waals surface area contributed by atoms with Gasteiger partial charge in [0.25, 0.3) is 0 Å². The number of nitrogens with zero attached hydrogens (tertiary/aromatic N) is 1. The Kier molecular flexibility index (Phi) is 11.0. The molecule has 0 radical (unpaired) electrons. The van der Waals surface area contributed by atoms with Crippen molar-refractivity contribution >= 4 is 24.8 Å². The lowest BCUT2D eigenvalue weighted by atomic mass is 10.3. The minimum atomic E-state index is 0. The van der Waals surface area contributed by atoms with Crippen molar-refractivity contribution in [3.8, 4) is 0 Å². The predicted octanol–water partition coefficient (Wildman–Crippen LogP) is 0.0140. The van der Waals surface area contributed by atoms with Gasteiger partial charge in [-0.15, -0.1) is 24.8 Å². The van der Waals surface area contributed by atoms with Crippen molar-refractivity contribution in [1.29, 1.82) is 0 Å². The van der Waals surface area contributed by atoms with E-state index in [1.807, 2.05) is 0 Å². The second kappa shape index (κ2) is 8.99. The van der Waals surface area contributed by atoms with Crippen LogP contribution in [-0.2, 0) is 4.74 Å². The minimum Gasteiger partial charge on any atom is -0.379 e. The lowest BCUT2D eigenvalue weighted by Gasteiger charge is -2.28. The summed E-state index contributed by atoms with van der Waals surface area (Å²) >= 11 is 0. The highest BCUT2D eigenvalue weighted by atomic mass is 35.5. The Morgan fingerprint density at radius 1 is 1.38 bits per heavy atom. The number of halogens is 2. The zero-order valence-electron chi connectivity index (χ0n) is 7.86. The molecule has 1 fully saturated rings. The Bertz CT molecular complexity index is 112. The summed E-state index contributed by atoms with van der Waals surface area (Å²) < 4.78 is 5.22. The fourth-order valence-corrected chi connectivity index (χ4v) is 1.22. The number of hydrazine groups is 1. The number of nitrogens with two attached hydrogens (primary N) is 1. The van der Waals surface area contributed by atoms with Gasteiger partial charge in [-0.05, 0) is 6.92 Å². The maximum atomic E-state index is 5.28. The highest BCUT2D eigenvalue weighted by Crippen LogP contribution is 1.97. The van der Waals surface area contributed by atoms with Gasteiger partial charge in [0.2, 0.25) is 0 Å². The lowest BCUT2D eigenvalue weighted by molar-refractivity contribution is 0.0344. The Balaban J connectivity index is 0. The van der Waals surface area contributed by atoms with E-state index in [9.17, 15) is 0 Å². The molecule has 0 bridgehead atoms. The third-order valence-electron chi connectivity index (χ3n) is 1.92. The Morgan fingerprint density at radius 3 is 2.38 bits per heavy atom. The van der Waals surface area contributed by atoms with Gasteiger partial charge >= 0.3 is 0 Å². The second-order valence-electron chi connectivity index (χ2n) is 2.98. The highest BCUT2D eigenvalue weighted by molar-refractivity contribution is 5.85. The number of hydrogen-bond acceptors (Lipinski definition) is 4. The molecule has 1 saturated heterocycles. The number of hydrogen-bond donors (Lipinski definition) is 2. The van der Waals surface area contributed by atoms with E-state index in [4.69, 9.17) is 10.6 Å². The van der Waals surface area contributed by atoms with Crippen molar-refractivity contribution in [2.45, 2.75) is 13.0 Å². The van der Waals surface area contributed by atoms with Gasteiger partial charge in [-0.2, -0.15) is 0 Å². The monoisotopic (exact) mass is 231 g/mol. The van der Waals surface area contributed by atoms with Crippen LogP contribution in [0.1, 0.15) is 6.92 Å². The second-order valence-corrected chi connectivity index (χ2v) is 2.98. The van der Waals surface area contributed by atoms with Gasteiger partial charge in [-0.1, -0.05) is 0 Å². The van der Waals surface area contributed by atoms with Crippen LogP contribution in [0.5, 0.6) is 0 Å². The molecule has 3 N–H and O–H groups in total. The summed E-state index contributed by atoms with van der Waals surface area (Å²) in [6, 6.07) is 0.369. The number of ether oxygens (including phenoxy) is 1. The van der Waals surface area contributed by atoms with Gasteiger partial charge in [0.05, 0.1) is 13.2 Å². The first-order valence-corrected chi connectivity index (χ1v) is 4.09. The molecule has 4 nitrogen and oxygen atoms in total. The quantitative estimate of drug-likeness (QED) is 0.532. The lowest BCUT2D eigenvalue weighted by Crippen LogP contribution is -2.46. The summed E-state index contributed by atoms with van der Waals surface area (Å²) in [7, 11) is 0. The van der Waals surface area contributed by atoms with Crippen LogP contribution >= 0.6 is 24.8 Å². The van der Waals surface area contributed by atoms with Crippen LogP contribution in [0.2, 0.25) is 0 Å². The smallest absolute Gasteiger partial charge is 0.0594 e. The summed E-state index contributed by atoms with van der Waals surface area (Å²) in [4.78, 5) is 2.36. The summed E-state index contributed by atoms with van der Waals surface area (Å²) in [6.07, 6.45) is 0. The molecular formula is C7H19Cl2N3O. The van der Waals surface area contributed by atoms with E-state index in [0.717, 1.165) is 32.8 Å². The van der Waals surface area contributed by atoms with Crippen LogP contribution in [-0.4, -0.2) is 43.8 Å². The van der Waals surface area contributed by atoms with E-state index in [1.165, 1.54) is 0 Å². The molecule has 0 aromatic carbocycles. The van der Waals surface area contributed by atoms with Gasteiger partial charge in [0, 0.05) is 25.7 Å². The van der Waals surface area contributed by atoms with Gasteiger partial charge in [-0.25, -0.2) is 0 Å². The number of rotatable bonds is 3. The molecule has 0 aromatic rings. The van der Waals surface area contributed by atoms with Crippen molar-refractivity contribution in [2.24, 2.45) is 5.84 Å². The zero-order chi connectivity index (χ0) is 8.10. The molecular weight excluding hydrogens is 213 g/mol. The molecule has 0 spiro atoms. The van der Waals surface area contributed by atoms with E-state index >= 15 is 0 Å². The van der Waals surface area contributed by atoms with Gasteiger partial charge in [-0.3, -0.25) is 16.2 Å². The Labute approximate surface area is 92.0 Å². The van der Waals surface area contributed by atoms with E-state index < -0.39 is 0 Å². The van der Waals surface area contributed by atoms with E-state index in [0.29, 0.717) is 6.04 Å². The summed E-state index contributed by atoms with van der Waals surface area (Å²) in [5.41, 5.74) is 2.73. The highest BCUT2D eigenvalue weighted by Gasteiger charge is 2.11. The molecule has 0 amide bonds. The van der Waals surface area contributed by atoms with Crippen molar-refractivity contribution in [2.75, 3.05) is 32.8 Å². The SMILES string of the molecule is CC(CN1CCOCC1)NN.Cl.Cl. The number of morpholine rings is 1. The largest absolute Gasteiger partial charge is 0.379 e. The zero-order valence-corrected chi connectivity index (χ0v) is 9.50. The van der Waals surface area contributed by atoms with E-state index in [1.54, 1.807) is 0 Å². The first kappa shape index (κ1) is 15.9. The van der Waals surface area contributed by atoms with Crippen LogP contribution < -0.4 is 11.3 Å². The van der Waals surface area contributed by atoms with E-state index in [2.05, 4.69) is 17.2 Å². The van der Waals surface area contributed by atoms with Crippen LogP contribution in [0, 0.1) is 0 Å². The molecule has 13 heavy (non-hydrogen) atoms. The van der Waals surface area contributed by atoms with Crippen molar-refractivity contribution in [1.82, 2.24) is 10.3 Å². The molecule has 1 aliphatic heterocycles. The summed E-state index contributed by atoms with van der Waals surface area (Å²) in [6.45, 7) is 6.88. The fourth-order valence-electron chi connectivity index (χ4n) is 1.22. The number of nitrogens with one attached hydrogen (secondary N) is 1. The fraction of sp³-hybridized carbons (Fsp3) is 1.00. The minimum absolute atomic E-state index is 0. The average Bonchev–Trinajstić information content (AvgIpc) is 2.06. The van der Waals surface area contributed by atoms with Gasteiger partial charge in [0.1, 0.15) is 0 Å². The third-order valence-corrected chi connectivity index (χ3v) is 1.92. The first-order chi connectivity index (χ1) is 5.33. The van der Waals surface area contributed by atoms with Crippen molar-refractivity contribution in [3.05, 3.63) is 0 Å². The maximum absolute atomic E-state index is 5.28. The maximum Gasteiger partial charge on any atom is 0.0594 e. The van der Waals surface area contributed by atoms with Crippen LogP contribution in [0.15, 0.2) is 0 Å². The van der Waals surface area contributed by atoms with Crippen molar-refractivity contribution < 1.29 is 4.74 Å². The van der Waals surface area contributed by atoms with Crippen LogP contribution in [0.3, 0.4) is 0 Å². The summed E-state index contributed by atoms with van der Waals surface area (Å²) in [5, 5.41) is 0. The van der Waals surface area contributed by atoms with Crippen LogP contribution in [0.4, 0.5) is 0 Å². The Morgan fingerprint density at radius 2 is 1.92 bits per heavy atom. The van der Waals surface area contributed by atoms with Gasteiger partial charge in [0.15, 0.2) is 0 Å². The average molecular weight is 232 g/mol. The molecule has 6 heteroatoms. The molecule has 0 aromatic heterocycles. The molecule has 1 aliphatic rings. The molecule has 82 valence electrons. The topological polar surface area (TPSA) is 50.5 Å². The molecule has 1 unspecified atom stereocenters.